The van der Waals surface area contributed by atoms with E-state index in [1.807, 2.05) is 30.3 Å². The molecule has 0 fully saturated rings. The van der Waals surface area contributed by atoms with Gasteiger partial charge in [-0.25, -0.2) is 5.10 Å². The van der Waals surface area contributed by atoms with Crippen LogP contribution < -0.4 is 0 Å². The van der Waals surface area contributed by atoms with Gasteiger partial charge in [-0.15, -0.1) is 5.10 Å². The van der Waals surface area contributed by atoms with Crippen LogP contribution in [-0.2, 0) is 6.42 Å². The molecule has 0 amide bonds. The van der Waals surface area contributed by atoms with Crippen molar-refractivity contribution in [2.24, 2.45) is 0 Å². The minimum absolute atomic E-state index is 0.0362. The average molecular weight is 361 g/mol. The highest BCUT2D eigenvalue weighted by molar-refractivity contribution is 6.42. The number of carbonyl (C=O) groups is 1. The smallest absolute Gasteiger partial charge is 0.163 e. The number of H-pyrrole nitrogens is 1. The summed E-state index contributed by atoms with van der Waals surface area (Å²) in [4.78, 5) is 12.6. The summed E-state index contributed by atoms with van der Waals surface area (Å²) in [6.45, 7) is 0. The van der Waals surface area contributed by atoms with Gasteiger partial charge in [-0.05, 0) is 40.6 Å². The van der Waals surface area contributed by atoms with E-state index >= 15 is 0 Å². The standard InChI is InChI=1S/C17H14Cl2N4O/c18-14-7-6-12(9-15(14)19)16(24)10-13(17-20-22-23-21-17)8-11-4-2-1-3-5-11/h1-7,9,13H,8,10H2,(H,20,21,22,23). The lowest BCUT2D eigenvalue weighted by atomic mass is 9.91. The van der Waals surface area contributed by atoms with Crippen molar-refractivity contribution in [1.29, 1.82) is 0 Å². The summed E-state index contributed by atoms with van der Waals surface area (Å²) in [5.74, 6) is 0.405. The number of ketones is 1. The Bertz CT molecular complexity index is 822. The Morgan fingerprint density at radius 3 is 2.54 bits per heavy atom. The Hall–Kier alpha value is -2.24. The number of benzene rings is 2. The molecule has 0 saturated heterocycles. The van der Waals surface area contributed by atoms with E-state index in [1.54, 1.807) is 18.2 Å². The third-order valence-corrected chi connectivity index (χ3v) is 4.49. The first-order valence-electron chi connectivity index (χ1n) is 7.39. The van der Waals surface area contributed by atoms with Crippen LogP contribution in [0.25, 0.3) is 0 Å². The molecule has 1 heterocycles. The second kappa shape index (κ2) is 7.55. The van der Waals surface area contributed by atoms with Crippen LogP contribution in [0.3, 0.4) is 0 Å². The number of carbonyl (C=O) groups excluding carboxylic acids is 1. The maximum atomic E-state index is 12.6. The molecule has 0 bridgehead atoms. The molecule has 24 heavy (non-hydrogen) atoms. The van der Waals surface area contributed by atoms with Gasteiger partial charge in [0.2, 0.25) is 0 Å². The van der Waals surface area contributed by atoms with Gasteiger partial charge in [0.25, 0.3) is 0 Å². The zero-order valence-electron chi connectivity index (χ0n) is 12.6. The van der Waals surface area contributed by atoms with Crippen LogP contribution in [0.2, 0.25) is 10.0 Å². The van der Waals surface area contributed by atoms with Crippen LogP contribution in [0.1, 0.15) is 34.1 Å². The van der Waals surface area contributed by atoms with E-state index in [0.717, 1.165) is 5.56 Å². The fourth-order valence-electron chi connectivity index (χ4n) is 2.51. The maximum Gasteiger partial charge on any atom is 0.163 e. The zero-order chi connectivity index (χ0) is 16.9. The molecule has 1 aromatic heterocycles. The van der Waals surface area contributed by atoms with Crippen LogP contribution in [0.5, 0.6) is 0 Å². The Labute approximate surface area is 149 Å². The number of hydrogen-bond donors (Lipinski definition) is 1. The SMILES string of the molecule is O=C(CC(Cc1ccccc1)c1nnn[nH]1)c1ccc(Cl)c(Cl)c1. The molecule has 7 heteroatoms. The van der Waals surface area contributed by atoms with Gasteiger partial charge in [-0.3, -0.25) is 4.79 Å². The Kier molecular flexibility index (Phi) is 5.23. The number of aromatic amines is 1. The number of hydrogen-bond acceptors (Lipinski definition) is 4. The van der Waals surface area contributed by atoms with Crippen molar-refractivity contribution in [2.75, 3.05) is 0 Å². The van der Waals surface area contributed by atoms with Gasteiger partial charge in [0.15, 0.2) is 11.6 Å². The molecular formula is C17H14Cl2N4O. The van der Waals surface area contributed by atoms with Gasteiger partial charge in [0.1, 0.15) is 0 Å². The summed E-state index contributed by atoms with van der Waals surface area (Å²) >= 11 is 11.9. The van der Waals surface area contributed by atoms with E-state index in [1.165, 1.54) is 0 Å². The molecule has 122 valence electrons. The lowest BCUT2D eigenvalue weighted by Gasteiger charge is -2.13. The number of nitrogens with one attached hydrogen (secondary N) is 1. The van der Waals surface area contributed by atoms with Gasteiger partial charge >= 0.3 is 0 Å². The molecule has 1 unspecified atom stereocenters. The fraction of sp³-hybridized carbons (Fsp3) is 0.176. The lowest BCUT2D eigenvalue weighted by Crippen LogP contribution is -2.12. The minimum Gasteiger partial charge on any atom is -0.294 e. The van der Waals surface area contributed by atoms with Crippen LogP contribution in [0.15, 0.2) is 48.5 Å². The molecular weight excluding hydrogens is 347 g/mol. The number of halogens is 2. The fourth-order valence-corrected chi connectivity index (χ4v) is 2.81. The molecule has 0 radical (unpaired) electrons. The quantitative estimate of drug-likeness (QED) is 0.671. The monoisotopic (exact) mass is 360 g/mol. The van der Waals surface area contributed by atoms with Crippen molar-refractivity contribution in [1.82, 2.24) is 20.6 Å². The van der Waals surface area contributed by atoms with Crippen molar-refractivity contribution in [3.63, 3.8) is 0 Å². The minimum atomic E-state index is -0.149. The third-order valence-electron chi connectivity index (χ3n) is 3.75. The first-order valence-corrected chi connectivity index (χ1v) is 8.15. The van der Waals surface area contributed by atoms with Gasteiger partial charge < -0.3 is 0 Å². The highest BCUT2D eigenvalue weighted by Crippen LogP contribution is 2.26. The van der Waals surface area contributed by atoms with E-state index in [4.69, 9.17) is 23.2 Å². The number of Topliss-reactive ketones (excluding diaryl/α,β-unsaturated/α-hetero) is 1. The topological polar surface area (TPSA) is 71.5 Å². The van der Waals surface area contributed by atoms with E-state index in [0.29, 0.717) is 27.9 Å². The number of nitrogens with zero attached hydrogens (tertiary/aromatic N) is 3. The summed E-state index contributed by atoms with van der Waals surface area (Å²) in [5.41, 5.74) is 1.63. The van der Waals surface area contributed by atoms with Crippen molar-refractivity contribution in [2.45, 2.75) is 18.8 Å². The molecule has 3 aromatic rings. The Morgan fingerprint density at radius 2 is 1.88 bits per heavy atom. The number of aromatic nitrogens is 4. The molecule has 0 saturated carbocycles. The van der Waals surface area contributed by atoms with Crippen molar-refractivity contribution in [3.05, 3.63) is 75.5 Å². The molecule has 3 rings (SSSR count). The highest BCUT2D eigenvalue weighted by atomic mass is 35.5. The Morgan fingerprint density at radius 1 is 1.08 bits per heavy atom. The van der Waals surface area contributed by atoms with Crippen LogP contribution in [0, 0.1) is 0 Å². The van der Waals surface area contributed by atoms with E-state index in [2.05, 4.69) is 20.6 Å². The van der Waals surface area contributed by atoms with Crippen molar-refractivity contribution >= 4 is 29.0 Å². The van der Waals surface area contributed by atoms with Gasteiger partial charge in [0.05, 0.1) is 10.0 Å². The second-order valence-corrected chi connectivity index (χ2v) is 6.24. The molecule has 0 aliphatic rings. The summed E-state index contributed by atoms with van der Waals surface area (Å²) in [6.07, 6.45) is 0.925. The molecule has 2 aromatic carbocycles. The van der Waals surface area contributed by atoms with Crippen LogP contribution >= 0.6 is 23.2 Å². The summed E-state index contributed by atoms with van der Waals surface area (Å²) in [5, 5.41) is 14.8. The predicted octanol–water partition coefficient (Wildman–Crippen LogP) is 4.11. The second-order valence-electron chi connectivity index (χ2n) is 5.43. The van der Waals surface area contributed by atoms with Gasteiger partial charge in [-0.2, -0.15) is 0 Å². The molecule has 5 nitrogen and oxygen atoms in total. The molecule has 1 atom stereocenters. The van der Waals surface area contributed by atoms with Crippen molar-refractivity contribution in [3.8, 4) is 0 Å². The van der Waals surface area contributed by atoms with Crippen LogP contribution in [0.4, 0.5) is 0 Å². The number of tetrazole rings is 1. The molecule has 0 spiro atoms. The highest BCUT2D eigenvalue weighted by Gasteiger charge is 2.21. The molecule has 0 aliphatic carbocycles. The summed E-state index contributed by atoms with van der Waals surface area (Å²) < 4.78 is 0. The Balaban J connectivity index is 1.81. The third kappa shape index (κ3) is 3.99. The average Bonchev–Trinajstić information content (AvgIpc) is 3.12. The summed E-state index contributed by atoms with van der Waals surface area (Å²) in [6, 6.07) is 14.8. The van der Waals surface area contributed by atoms with E-state index in [-0.39, 0.29) is 18.1 Å². The predicted molar refractivity (Wildman–Crippen MR) is 92.5 cm³/mol. The normalized spacial score (nSPS) is 12.1. The maximum absolute atomic E-state index is 12.6. The number of rotatable bonds is 6. The lowest BCUT2D eigenvalue weighted by molar-refractivity contribution is 0.0972. The van der Waals surface area contributed by atoms with Gasteiger partial charge in [-0.1, -0.05) is 53.5 Å². The van der Waals surface area contributed by atoms with Crippen molar-refractivity contribution < 1.29 is 4.79 Å². The largest absolute Gasteiger partial charge is 0.294 e. The van der Waals surface area contributed by atoms with Gasteiger partial charge in [0, 0.05) is 17.9 Å². The first kappa shape index (κ1) is 16.6. The molecule has 0 aliphatic heterocycles. The summed E-state index contributed by atoms with van der Waals surface area (Å²) in [7, 11) is 0. The van der Waals surface area contributed by atoms with E-state index in [9.17, 15) is 4.79 Å². The van der Waals surface area contributed by atoms with E-state index < -0.39 is 0 Å². The first-order chi connectivity index (χ1) is 11.6. The van der Waals surface area contributed by atoms with Crippen LogP contribution in [-0.4, -0.2) is 26.4 Å². The zero-order valence-corrected chi connectivity index (χ0v) is 14.1. The molecule has 1 N–H and O–H groups in total.